The first-order chi connectivity index (χ1) is 11.5. The SMILES string of the molecule is CC(C)c1co[n+](CC(C)c2cc(CC(C)c3cscn3)sn2)c1. The van der Waals surface area contributed by atoms with Crippen molar-refractivity contribution in [2.45, 2.75) is 58.4 Å². The highest BCUT2D eigenvalue weighted by Gasteiger charge is 2.20. The molecule has 0 aliphatic carbocycles. The highest BCUT2D eigenvalue weighted by atomic mass is 32.1. The predicted octanol–water partition coefficient (Wildman–Crippen LogP) is 4.75. The normalized spacial score (nSPS) is 14.2. The van der Waals surface area contributed by atoms with Gasteiger partial charge in [0.2, 0.25) is 12.7 Å². The van der Waals surface area contributed by atoms with Crippen molar-refractivity contribution in [3.63, 3.8) is 0 Å². The predicted molar refractivity (Wildman–Crippen MR) is 97.8 cm³/mol. The van der Waals surface area contributed by atoms with Gasteiger partial charge in [-0.25, -0.2) is 9.51 Å². The molecule has 0 aromatic carbocycles. The Labute approximate surface area is 151 Å². The number of rotatable bonds is 7. The Morgan fingerprint density at radius 3 is 2.67 bits per heavy atom. The molecule has 128 valence electrons. The van der Waals surface area contributed by atoms with Crippen molar-refractivity contribution in [1.82, 2.24) is 9.36 Å². The van der Waals surface area contributed by atoms with E-state index in [1.54, 1.807) is 22.9 Å². The summed E-state index contributed by atoms with van der Waals surface area (Å²) in [5.41, 5.74) is 5.46. The fourth-order valence-electron chi connectivity index (χ4n) is 2.63. The lowest BCUT2D eigenvalue weighted by Gasteiger charge is -2.05. The molecule has 6 heteroatoms. The van der Waals surface area contributed by atoms with Crippen LogP contribution in [0.5, 0.6) is 0 Å². The third-order valence-corrected chi connectivity index (χ3v) is 5.71. The van der Waals surface area contributed by atoms with E-state index in [9.17, 15) is 0 Å². The molecule has 2 atom stereocenters. The van der Waals surface area contributed by atoms with E-state index < -0.39 is 0 Å². The van der Waals surface area contributed by atoms with Crippen molar-refractivity contribution in [1.29, 1.82) is 0 Å². The quantitative estimate of drug-likeness (QED) is 0.569. The van der Waals surface area contributed by atoms with Gasteiger partial charge in [0.25, 0.3) is 0 Å². The van der Waals surface area contributed by atoms with Gasteiger partial charge < -0.3 is 0 Å². The Bertz CT molecular complexity index is 761. The third-order valence-electron chi connectivity index (χ3n) is 4.28. The minimum absolute atomic E-state index is 0.334. The Kier molecular flexibility index (Phi) is 5.46. The van der Waals surface area contributed by atoms with Crippen molar-refractivity contribution < 1.29 is 9.26 Å². The van der Waals surface area contributed by atoms with Crippen LogP contribution in [0, 0.1) is 0 Å². The summed E-state index contributed by atoms with van der Waals surface area (Å²) in [5, 5.41) is 2.13. The van der Waals surface area contributed by atoms with Crippen LogP contribution in [0.4, 0.5) is 0 Å². The van der Waals surface area contributed by atoms with Crippen molar-refractivity contribution in [2.24, 2.45) is 0 Å². The van der Waals surface area contributed by atoms with E-state index in [0.717, 1.165) is 18.7 Å². The molecule has 3 aromatic heterocycles. The molecule has 3 aromatic rings. The van der Waals surface area contributed by atoms with Gasteiger partial charge in [0.05, 0.1) is 28.4 Å². The second-order valence-corrected chi connectivity index (χ2v) is 8.35. The van der Waals surface area contributed by atoms with E-state index in [4.69, 9.17) is 4.52 Å². The van der Waals surface area contributed by atoms with E-state index >= 15 is 0 Å². The lowest BCUT2D eigenvalue weighted by Crippen LogP contribution is -2.33. The molecule has 0 aliphatic heterocycles. The molecule has 0 amide bonds. The zero-order valence-electron chi connectivity index (χ0n) is 14.6. The maximum absolute atomic E-state index is 5.62. The molecule has 3 heterocycles. The minimum Gasteiger partial charge on any atom is -0.249 e. The van der Waals surface area contributed by atoms with Crippen LogP contribution < -0.4 is 4.74 Å². The molecule has 0 radical (unpaired) electrons. The number of thiazole rings is 1. The molecule has 0 saturated carbocycles. The van der Waals surface area contributed by atoms with Gasteiger partial charge in [-0.05, 0) is 34.7 Å². The van der Waals surface area contributed by atoms with Crippen LogP contribution in [-0.2, 0) is 13.0 Å². The maximum Gasteiger partial charge on any atom is 0.223 e. The van der Waals surface area contributed by atoms with E-state index in [0.29, 0.717) is 17.8 Å². The average molecular weight is 363 g/mol. The van der Waals surface area contributed by atoms with E-state index in [2.05, 4.69) is 54.7 Å². The van der Waals surface area contributed by atoms with Gasteiger partial charge in [0, 0.05) is 16.2 Å². The fourth-order valence-corrected chi connectivity index (χ4v) is 4.26. The molecule has 0 N–H and O–H groups in total. The summed E-state index contributed by atoms with van der Waals surface area (Å²) >= 11 is 3.27. The maximum atomic E-state index is 5.62. The van der Waals surface area contributed by atoms with Crippen molar-refractivity contribution >= 4 is 22.9 Å². The van der Waals surface area contributed by atoms with Gasteiger partial charge in [0.1, 0.15) is 0 Å². The van der Waals surface area contributed by atoms with E-state index in [1.807, 2.05) is 16.5 Å². The molecular formula is C18H24N3OS2+. The van der Waals surface area contributed by atoms with Gasteiger partial charge >= 0.3 is 0 Å². The smallest absolute Gasteiger partial charge is 0.223 e. The van der Waals surface area contributed by atoms with Crippen molar-refractivity contribution in [3.05, 3.63) is 51.2 Å². The lowest BCUT2D eigenvalue weighted by molar-refractivity contribution is -0.865. The van der Waals surface area contributed by atoms with Crippen molar-refractivity contribution in [3.8, 4) is 0 Å². The molecular weight excluding hydrogens is 338 g/mol. The molecule has 24 heavy (non-hydrogen) atoms. The number of hydrogen-bond acceptors (Lipinski definition) is 5. The summed E-state index contributed by atoms with van der Waals surface area (Å²) in [6.07, 6.45) is 4.94. The topological polar surface area (TPSA) is 42.8 Å². The molecule has 0 aliphatic rings. The summed E-state index contributed by atoms with van der Waals surface area (Å²) in [6.45, 7) is 9.60. The molecule has 0 fully saturated rings. The molecule has 0 bridgehead atoms. The summed E-state index contributed by atoms with van der Waals surface area (Å²) in [4.78, 5) is 5.74. The highest BCUT2D eigenvalue weighted by Crippen LogP contribution is 2.25. The lowest BCUT2D eigenvalue weighted by atomic mass is 10.0. The molecule has 2 unspecified atom stereocenters. The van der Waals surface area contributed by atoms with Crippen LogP contribution in [0.3, 0.4) is 0 Å². The summed E-state index contributed by atoms with van der Waals surface area (Å²) < 4.78 is 12.2. The standard InChI is InChI=1S/C18H24N3OS2/c1-12(2)15-8-21(22-9-15)7-14(4)17-6-16(24-20-17)5-13(3)18-10-23-11-19-18/h6,8-14H,5,7H2,1-4H3/q+1. The van der Waals surface area contributed by atoms with Gasteiger partial charge in [-0.15, -0.1) is 11.3 Å². The minimum atomic E-state index is 0.334. The van der Waals surface area contributed by atoms with Crippen LogP contribution >= 0.6 is 22.9 Å². The van der Waals surface area contributed by atoms with E-state index in [1.165, 1.54) is 16.1 Å². The largest absolute Gasteiger partial charge is 0.249 e. The van der Waals surface area contributed by atoms with Gasteiger partial charge in [-0.1, -0.05) is 27.7 Å². The second-order valence-electron chi connectivity index (χ2n) is 6.74. The van der Waals surface area contributed by atoms with Gasteiger partial charge in [-0.2, -0.15) is 4.37 Å². The Morgan fingerprint density at radius 1 is 1.17 bits per heavy atom. The first-order valence-electron chi connectivity index (χ1n) is 8.35. The van der Waals surface area contributed by atoms with Crippen LogP contribution in [0.2, 0.25) is 0 Å². The number of aromatic nitrogens is 3. The molecule has 4 nitrogen and oxygen atoms in total. The summed E-state index contributed by atoms with van der Waals surface area (Å²) in [6, 6.07) is 2.24. The molecule has 0 spiro atoms. The van der Waals surface area contributed by atoms with E-state index in [-0.39, 0.29) is 0 Å². The first kappa shape index (κ1) is 17.3. The zero-order valence-corrected chi connectivity index (χ0v) is 16.2. The third kappa shape index (κ3) is 4.11. The van der Waals surface area contributed by atoms with Gasteiger partial charge in [-0.3, -0.25) is 0 Å². The summed E-state index contributed by atoms with van der Waals surface area (Å²) in [5.74, 6) is 1.26. The monoisotopic (exact) mass is 362 g/mol. The Morgan fingerprint density at radius 2 is 2.00 bits per heavy atom. The van der Waals surface area contributed by atoms with Crippen LogP contribution in [-0.4, -0.2) is 9.36 Å². The highest BCUT2D eigenvalue weighted by molar-refractivity contribution is 7.07. The Balaban J connectivity index is 1.61. The number of nitrogens with zero attached hydrogens (tertiary/aromatic N) is 3. The second kappa shape index (κ2) is 7.57. The summed E-state index contributed by atoms with van der Waals surface area (Å²) in [7, 11) is 0. The Hall–Kier alpha value is -1.53. The first-order valence-corrected chi connectivity index (χ1v) is 10.1. The van der Waals surface area contributed by atoms with Crippen LogP contribution in [0.1, 0.15) is 67.3 Å². The fraction of sp³-hybridized carbons (Fsp3) is 0.500. The molecule has 3 rings (SSSR count). The van der Waals surface area contributed by atoms with Crippen LogP contribution in [0.25, 0.3) is 0 Å². The van der Waals surface area contributed by atoms with Crippen LogP contribution in [0.15, 0.2) is 33.9 Å². The van der Waals surface area contributed by atoms with Crippen molar-refractivity contribution in [2.75, 3.05) is 0 Å². The van der Waals surface area contributed by atoms with Gasteiger partial charge in [0.15, 0.2) is 6.26 Å². The molecule has 0 saturated heterocycles. The average Bonchev–Trinajstić information content (AvgIpc) is 3.28. The zero-order chi connectivity index (χ0) is 17.1. The number of hydrogen-bond donors (Lipinski definition) is 0.